The fourth-order valence-electron chi connectivity index (χ4n) is 2.64. The molecule has 4 rings (SSSR count). The maximum atomic E-state index is 5.78. The highest BCUT2D eigenvalue weighted by molar-refractivity contribution is 5.82. The third-order valence-electron chi connectivity index (χ3n) is 3.74. The van der Waals surface area contributed by atoms with Gasteiger partial charge in [0.25, 0.3) is 0 Å². The van der Waals surface area contributed by atoms with Crippen molar-refractivity contribution < 1.29 is 13.9 Å². The molecule has 1 aliphatic rings. The number of hydrogen-bond donors (Lipinski definition) is 1. The van der Waals surface area contributed by atoms with Gasteiger partial charge in [0.05, 0.1) is 0 Å². The minimum Gasteiger partial charge on any atom is -0.461 e. The van der Waals surface area contributed by atoms with Crippen molar-refractivity contribution in [1.29, 1.82) is 0 Å². The molecule has 0 fully saturated rings. The average Bonchev–Trinajstić information content (AvgIpc) is 3.08. The maximum absolute atomic E-state index is 5.78. The van der Waals surface area contributed by atoms with Gasteiger partial charge >= 0.3 is 0 Å². The van der Waals surface area contributed by atoms with Crippen LogP contribution in [0.15, 0.2) is 46.9 Å². The van der Waals surface area contributed by atoms with Crippen LogP contribution in [0, 0.1) is 6.92 Å². The van der Waals surface area contributed by atoms with Crippen LogP contribution in [0.2, 0.25) is 0 Å². The first-order valence-electron chi connectivity index (χ1n) is 6.92. The van der Waals surface area contributed by atoms with E-state index in [1.165, 1.54) is 5.56 Å². The third kappa shape index (κ3) is 2.09. The highest BCUT2D eigenvalue weighted by Gasteiger charge is 2.14. The van der Waals surface area contributed by atoms with Crippen LogP contribution in [0.5, 0.6) is 11.5 Å². The summed E-state index contributed by atoms with van der Waals surface area (Å²) in [6, 6.07) is 14.0. The second-order valence-electron chi connectivity index (χ2n) is 5.05. The Morgan fingerprint density at radius 1 is 1.05 bits per heavy atom. The van der Waals surface area contributed by atoms with Crippen molar-refractivity contribution in [3.8, 4) is 11.5 Å². The molecule has 0 amide bonds. The number of aryl methyl sites for hydroxylation is 1. The van der Waals surface area contributed by atoms with Crippen LogP contribution in [0.25, 0.3) is 11.0 Å². The van der Waals surface area contributed by atoms with Crippen molar-refractivity contribution in [3.63, 3.8) is 0 Å². The summed E-state index contributed by atoms with van der Waals surface area (Å²) < 4.78 is 16.5. The number of anilines is 1. The highest BCUT2D eigenvalue weighted by Crippen LogP contribution is 2.34. The van der Waals surface area contributed by atoms with Crippen molar-refractivity contribution in [2.75, 3.05) is 12.1 Å². The van der Waals surface area contributed by atoms with E-state index in [0.717, 1.165) is 33.9 Å². The topological polar surface area (TPSA) is 43.6 Å². The number of rotatable bonds is 3. The van der Waals surface area contributed by atoms with Crippen LogP contribution in [0.4, 0.5) is 5.69 Å². The Kier molecular flexibility index (Phi) is 2.74. The van der Waals surface area contributed by atoms with Crippen molar-refractivity contribution in [1.82, 2.24) is 0 Å². The number of benzene rings is 2. The Morgan fingerprint density at radius 2 is 1.90 bits per heavy atom. The van der Waals surface area contributed by atoms with Crippen LogP contribution in [-0.2, 0) is 6.54 Å². The monoisotopic (exact) mass is 281 g/mol. The van der Waals surface area contributed by atoms with E-state index in [1.54, 1.807) is 0 Å². The Hall–Kier alpha value is -2.62. The summed E-state index contributed by atoms with van der Waals surface area (Å²) in [5, 5.41) is 4.57. The molecule has 1 aliphatic heterocycles. The zero-order valence-electron chi connectivity index (χ0n) is 11.7. The lowest BCUT2D eigenvalue weighted by Crippen LogP contribution is -2.00. The first kappa shape index (κ1) is 12.1. The molecular weight excluding hydrogens is 266 g/mol. The number of para-hydroxylation sites is 1. The zero-order chi connectivity index (χ0) is 14.2. The van der Waals surface area contributed by atoms with Crippen molar-refractivity contribution >= 4 is 16.7 Å². The molecule has 2 aromatic carbocycles. The van der Waals surface area contributed by atoms with E-state index in [4.69, 9.17) is 13.9 Å². The van der Waals surface area contributed by atoms with Gasteiger partial charge in [-0.1, -0.05) is 18.2 Å². The molecule has 0 unspecified atom stereocenters. The number of fused-ring (bicyclic) bond motifs is 2. The molecule has 21 heavy (non-hydrogen) atoms. The third-order valence-corrected chi connectivity index (χ3v) is 3.74. The quantitative estimate of drug-likeness (QED) is 0.785. The number of nitrogens with one attached hydrogen (secondary N) is 1. The molecule has 0 spiro atoms. The van der Waals surface area contributed by atoms with Gasteiger partial charge in [-0.05, 0) is 25.1 Å². The normalized spacial score (nSPS) is 12.8. The Bertz CT molecular complexity index is 807. The summed E-state index contributed by atoms with van der Waals surface area (Å²) in [5.41, 5.74) is 3.12. The van der Waals surface area contributed by atoms with Crippen LogP contribution in [0.1, 0.15) is 11.3 Å². The van der Waals surface area contributed by atoms with E-state index in [1.807, 2.05) is 43.3 Å². The van der Waals surface area contributed by atoms with Crippen molar-refractivity contribution in [2.45, 2.75) is 13.5 Å². The van der Waals surface area contributed by atoms with E-state index in [0.29, 0.717) is 13.3 Å². The van der Waals surface area contributed by atoms with Gasteiger partial charge in [-0.15, -0.1) is 0 Å². The molecule has 0 radical (unpaired) electrons. The molecular formula is C17H15NO3. The predicted octanol–water partition coefficient (Wildman–Crippen LogP) is 4.08. The summed E-state index contributed by atoms with van der Waals surface area (Å²) in [6.45, 7) is 3.00. The van der Waals surface area contributed by atoms with Crippen molar-refractivity contribution in [3.05, 3.63) is 53.8 Å². The molecule has 0 atom stereocenters. The van der Waals surface area contributed by atoms with Crippen LogP contribution in [-0.4, -0.2) is 6.79 Å². The van der Waals surface area contributed by atoms with E-state index in [9.17, 15) is 0 Å². The predicted molar refractivity (Wildman–Crippen MR) is 80.8 cm³/mol. The second kappa shape index (κ2) is 4.74. The fraction of sp³-hybridized carbons (Fsp3) is 0.176. The molecule has 3 aromatic rings. The SMILES string of the molecule is Cc1oc2ccccc2c1CNc1ccc2c(c1)OCO2. The van der Waals surface area contributed by atoms with Crippen LogP contribution < -0.4 is 14.8 Å². The molecule has 4 heteroatoms. The standard InChI is InChI=1S/C17H15NO3/c1-11-14(13-4-2-3-5-15(13)21-11)9-18-12-6-7-16-17(8-12)20-10-19-16/h2-8,18H,9-10H2,1H3. The summed E-state index contributed by atoms with van der Waals surface area (Å²) in [5.74, 6) is 2.53. The van der Waals surface area contributed by atoms with Gasteiger partial charge in [0.1, 0.15) is 11.3 Å². The van der Waals surface area contributed by atoms with Gasteiger partial charge in [0, 0.05) is 29.2 Å². The van der Waals surface area contributed by atoms with Crippen LogP contribution >= 0.6 is 0 Å². The Balaban J connectivity index is 1.60. The van der Waals surface area contributed by atoms with E-state index in [2.05, 4.69) is 11.4 Å². The van der Waals surface area contributed by atoms with E-state index < -0.39 is 0 Å². The van der Waals surface area contributed by atoms with Gasteiger partial charge in [-0.2, -0.15) is 0 Å². The minimum atomic E-state index is 0.296. The molecule has 2 heterocycles. The fourth-order valence-corrected chi connectivity index (χ4v) is 2.64. The Labute approximate surface area is 122 Å². The molecule has 1 N–H and O–H groups in total. The molecule has 1 aromatic heterocycles. The summed E-state index contributed by atoms with van der Waals surface area (Å²) in [6.07, 6.45) is 0. The van der Waals surface area contributed by atoms with Crippen LogP contribution in [0.3, 0.4) is 0 Å². The minimum absolute atomic E-state index is 0.296. The largest absolute Gasteiger partial charge is 0.461 e. The smallest absolute Gasteiger partial charge is 0.231 e. The lowest BCUT2D eigenvalue weighted by molar-refractivity contribution is 0.174. The summed E-state index contributed by atoms with van der Waals surface area (Å²) >= 11 is 0. The second-order valence-corrected chi connectivity index (χ2v) is 5.05. The van der Waals surface area contributed by atoms with Crippen molar-refractivity contribution in [2.24, 2.45) is 0 Å². The number of ether oxygens (including phenoxy) is 2. The van der Waals surface area contributed by atoms with Gasteiger partial charge in [0.2, 0.25) is 6.79 Å². The average molecular weight is 281 g/mol. The van der Waals surface area contributed by atoms with E-state index >= 15 is 0 Å². The summed E-state index contributed by atoms with van der Waals surface area (Å²) in [7, 11) is 0. The molecule has 0 aliphatic carbocycles. The van der Waals surface area contributed by atoms with Gasteiger partial charge in [-0.3, -0.25) is 0 Å². The lowest BCUT2D eigenvalue weighted by Gasteiger charge is -2.07. The van der Waals surface area contributed by atoms with Gasteiger partial charge < -0.3 is 19.2 Å². The number of furan rings is 1. The maximum Gasteiger partial charge on any atom is 0.231 e. The first-order chi connectivity index (χ1) is 10.3. The molecule has 106 valence electrons. The lowest BCUT2D eigenvalue weighted by atomic mass is 10.1. The van der Waals surface area contributed by atoms with Gasteiger partial charge in [0.15, 0.2) is 11.5 Å². The summed E-state index contributed by atoms with van der Waals surface area (Å²) in [4.78, 5) is 0. The zero-order valence-corrected chi connectivity index (χ0v) is 11.7. The molecule has 0 saturated heterocycles. The Morgan fingerprint density at radius 3 is 2.86 bits per heavy atom. The first-order valence-corrected chi connectivity index (χ1v) is 6.92. The van der Waals surface area contributed by atoms with E-state index in [-0.39, 0.29) is 0 Å². The van der Waals surface area contributed by atoms with Gasteiger partial charge in [-0.25, -0.2) is 0 Å². The molecule has 0 bridgehead atoms. The molecule has 0 saturated carbocycles. The molecule has 4 nitrogen and oxygen atoms in total. The highest BCUT2D eigenvalue weighted by atomic mass is 16.7. The number of hydrogen-bond acceptors (Lipinski definition) is 4.